The number of hydrogen-bond donors (Lipinski definition) is 1. The summed E-state index contributed by atoms with van der Waals surface area (Å²) >= 11 is 0. The zero-order valence-electron chi connectivity index (χ0n) is 11.1. The summed E-state index contributed by atoms with van der Waals surface area (Å²) in [5.41, 5.74) is 0. The first kappa shape index (κ1) is 19.9. The molecular weight excluding hydrogens is 340 g/mol. The average molecular weight is 366 g/mol. The van der Waals surface area contributed by atoms with E-state index >= 15 is 0 Å². The third-order valence-electron chi connectivity index (χ3n) is 2.65. The second kappa shape index (κ2) is 16.6. The maximum Gasteiger partial charge on any atom is 0.303 e. The van der Waals surface area contributed by atoms with Crippen molar-refractivity contribution in [2.75, 3.05) is 0 Å². The van der Waals surface area contributed by atoms with Gasteiger partial charge in [0.15, 0.2) is 0 Å². The van der Waals surface area contributed by atoms with Crippen molar-refractivity contribution in [3.63, 3.8) is 0 Å². The molecule has 0 heterocycles. The van der Waals surface area contributed by atoms with Crippen molar-refractivity contribution in [1.82, 2.24) is 0 Å². The molecule has 0 bridgehead atoms. The Bertz CT molecular complexity index is 191. The fourth-order valence-corrected chi connectivity index (χ4v) is 1.63. The molecule has 0 aromatic carbocycles. The number of carbonyl (C=O) groups is 1. The van der Waals surface area contributed by atoms with Crippen LogP contribution >= 0.6 is 0 Å². The molecule has 0 aliphatic carbocycles. The number of allylic oxidation sites excluding steroid dienone is 2. The van der Waals surface area contributed by atoms with Crippen LogP contribution in [0.5, 0.6) is 0 Å². The third-order valence-corrected chi connectivity index (χ3v) is 2.65. The van der Waals surface area contributed by atoms with E-state index in [2.05, 4.69) is 19.1 Å². The van der Waals surface area contributed by atoms with Gasteiger partial charge < -0.3 is 5.11 Å². The first-order chi connectivity index (χ1) is 7.77. The van der Waals surface area contributed by atoms with E-state index in [1.54, 1.807) is 0 Å². The van der Waals surface area contributed by atoms with Gasteiger partial charge in [0.1, 0.15) is 0 Å². The molecule has 0 radical (unpaired) electrons. The van der Waals surface area contributed by atoms with E-state index in [0.29, 0.717) is 6.42 Å². The molecule has 3 heteroatoms. The maximum absolute atomic E-state index is 10.3. The van der Waals surface area contributed by atoms with Gasteiger partial charge in [0.05, 0.1) is 0 Å². The van der Waals surface area contributed by atoms with E-state index in [0.717, 1.165) is 12.8 Å². The molecule has 0 saturated heterocycles. The van der Waals surface area contributed by atoms with Gasteiger partial charge in [-0.3, -0.25) is 4.79 Å². The van der Waals surface area contributed by atoms with Crippen LogP contribution < -0.4 is 0 Å². The molecule has 1 N–H and O–H groups in total. The summed E-state index contributed by atoms with van der Waals surface area (Å²) in [6.07, 6.45) is 15.4. The van der Waals surface area contributed by atoms with E-state index in [-0.39, 0.29) is 41.7 Å². The van der Waals surface area contributed by atoms with Crippen molar-refractivity contribution in [2.45, 2.75) is 71.1 Å². The van der Waals surface area contributed by atoms with Crippen LogP contribution in [0.2, 0.25) is 0 Å². The Balaban J connectivity index is 0. The molecule has 0 unspecified atom stereocenters. The number of aliphatic carboxylic acids is 1. The van der Waals surface area contributed by atoms with Crippen molar-refractivity contribution >= 4 is 5.97 Å². The van der Waals surface area contributed by atoms with E-state index in [4.69, 9.17) is 5.11 Å². The van der Waals surface area contributed by atoms with Crippen LogP contribution in [0.25, 0.3) is 0 Å². The fraction of sp³-hybridized carbons (Fsp3) is 0.786. The first-order valence-corrected chi connectivity index (χ1v) is 6.64. The third kappa shape index (κ3) is 19.1. The largest absolute Gasteiger partial charge is 0.481 e. The standard InChI is InChI=1S/C14H26O2.Ce/c1-2-3-4-5-6-7-8-9-10-11-12-13-14(15)16;/h5-6H,2-4,7-13H2,1H3,(H,15,16);. The van der Waals surface area contributed by atoms with E-state index in [1.807, 2.05) is 0 Å². The minimum atomic E-state index is -0.668. The molecule has 0 spiro atoms. The molecule has 0 aromatic rings. The summed E-state index contributed by atoms with van der Waals surface area (Å²) in [4.78, 5) is 10.3. The van der Waals surface area contributed by atoms with Gasteiger partial charge >= 0.3 is 5.97 Å². The van der Waals surface area contributed by atoms with Crippen molar-refractivity contribution < 1.29 is 51.6 Å². The number of hydrogen-bond acceptors (Lipinski definition) is 1. The Morgan fingerprint density at radius 1 is 0.941 bits per heavy atom. The van der Waals surface area contributed by atoms with Gasteiger partial charge in [0, 0.05) is 48.2 Å². The topological polar surface area (TPSA) is 37.3 Å². The number of unbranched alkanes of at least 4 members (excludes halogenated alkanes) is 7. The maximum atomic E-state index is 10.3. The van der Waals surface area contributed by atoms with Crippen LogP contribution in [0.1, 0.15) is 71.1 Å². The van der Waals surface area contributed by atoms with Gasteiger partial charge in [-0.05, 0) is 25.7 Å². The molecule has 0 aliphatic heterocycles. The van der Waals surface area contributed by atoms with E-state index in [9.17, 15) is 4.79 Å². The summed E-state index contributed by atoms with van der Waals surface area (Å²) < 4.78 is 0. The minimum Gasteiger partial charge on any atom is -0.481 e. The molecule has 17 heavy (non-hydrogen) atoms. The molecule has 0 amide bonds. The quantitative estimate of drug-likeness (QED) is 0.430. The molecule has 0 aliphatic rings. The van der Waals surface area contributed by atoms with Crippen LogP contribution in [0.15, 0.2) is 12.2 Å². The van der Waals surface area contributed by atoms with Gasteiger partial charge in [-0.2, -0.15) is 0 Å². The fourth-order valence-electron chi connectivity index (χ4n) is 1.63. The van der Waals surface area contributed by atoms with Crippen LogP contribution in [0.4, 0.5) is 0 Å². The number of carboxylic acids is 1. The molecule has 0 rings (SSSR count). The zero-order chi connectivity index (χ0) is 12.1. The summed E-state index contributed by atoms with van der Waals surface area (Å²) in [5, 5.41) is 8.45. The van der Waals surface area contributed by atoms with Gasteiger partial charge in [0.2, 0.25) is 0 Å². The summed E-state index contributed by atoms with van der Waals surface area (Å²) in [6.45, 7) is 2.21. The van der Waals surface area contributed by atoms with Crippen LogP contribution in [0.3, 0.4) is 0 Å². The summed E-state index contributed by atoms with van der Waals surface area (Å²) in [6, 6.07) is 0. The SMILES string of the molecule is CCCCC=CCCCCCCCC(=O)O.[Ce]. The Labute approximate surface area is 140 Å². The Morgan fingerprint density at radius 2 is 1.47 bits per heavy atom. The monoisotopic (exact) mass is 366 g/mol. The van der Waals surface area contributed by atoms with Crippen molar-refractivity contribution in [1.29, 1.82) is 0 Å². The van der Waals surface area contributed by atoms with Crippen LogP contribution in [0, 0.1) is 41.7 Å². The summed E-state index contributed by atoms with van der Waals surface area (Å²) in [7, 11) is 0. The molecule has 0 saturated carbocycles. The van der Waals surface area contributed by atoms with E-state index < -0.39 is 5.97 Å². The second-order valence-electron chi connectivity index (χ2n) is 4.31. The Morgan fingerprint density at radius 3 is 2.06 bits per heavy atom. The number of rotatable bonds is 11. The molecule has 0 aromatic heterocycles. The van der Waals surface area contributed by atoms with Gasteiger partial charge in [-0.25, -0.2) is 0 Å². The van der Waals surface area contributed by atoms with E-state index in [1.165, 1.54) is 44.9 Å². The zero-order valence-corrected chi connectivity index (χ0v) is 14.2. The van der Waals surface area contributed by atoms with Gasteiger partial charge in [0.25, 0.3) is 0 Å². The van der Waals surface area contributed by atoms with Gasteiger partial charge in [-0.15, -0.1) is 0 Å². The molecule has 98 valence electrons. The molecule has 0 atom stereocenters. The smallest absolute Gasteiger partial charge is 0.303 e. The molecule has 2 nitrogen and oxygen atoms in total. The minimum absolute atomic E-state index is 0. The van der Waals surface area contributed by atoms with Crippen LogP contribution in [-0.2, 0) is 4.79 Å². The Kier molecular flexibility index (Phi) is 19.4. The summed E-state index contributed by atoms with van der Waals surface area (Å²) in [5.74, 6) is -0.668. The second-order valence-corrected chi connectivity index (χ2v) is 4.31. The molecular formula is C14H26CeO2. The predicted octanol–water partition coefficient (Wildman–Crippen LogP) is 4.55. The normalized spacial score (nSPS) is 10.4. The van der Waals surface area contributed by atoms with Crippen molar-refractivity contribution in [2.24, 2.45) is 0 Å². The van der Waals surface area contributed by atoms with Gasteiger partial charge in [-0.1, -0.05) is 51.2 Å². The average Bonchev–Trinajstić information content (AvgIpc) is 2.25. The Hall–Kier alpha value is 0.587. The molecule has 0 fully saturated rings. The van der Waals surface area contributed by atoms with Crippen molar-refractivity contribution in [3.8, 4) is 0 Å². The predicted molar refractivity (Wildman–Crippen MR) is 68.6 cm³/mol. The van der Waals surface area contributed by atoms with Crippen LogP contribution in [-0.4, -0.2) is 11.1 Å². The first-order valence-electron chi connectivity index (χ1n) is 6.64. The van der Waals surface area contributed by atoms with Crippen molar-refractivity contribution in [3.05, 3.63) is 12.2 Å². The number of carboxylic acid groups (broad SMARTS) is 1.